The lowest BCUT2D eigenvalue weighted by molar-refractivity contribution is -0.131. The number of amides is 2. The van der Waals surface area contributed by atoms with Crippen LogP contribution in [0.2, 0.25) is 0 Å². The highest BCUT2D eigenvalue weighted by Gasteiger charge is 2.32. The van der Waals surface area contributed by atoms with Gasteiger partial charge in [0.1, 0.15) is 11.6 Å². The zero-order chi connectivity index (χ0) is 22.5. The van der Waals surface area contributed by atoms with Crippen molar-refractivity contribution in [3.8, 4) is 5.75 Å². The minimum absolute atomic E-state index is 0.0194. The summed E-state index contributed by atoms with van der Waals surface area (Å²) >= 11 is 0. The summed E-state index contributed by atoms with van der Waals surface area (Å²) in [6.07, 6.45) is 5.73. The topological polar surface area (TPSA) is 87.7 Å². The van der Waals surface area contributed by atoms with Gasteiger partial charge >= 0.3 is 0 Å². The van der Waals surface area contributed by atoms with Crippen LogP contribution in [0, 0.1) is 6.92 Å². The predicted octanol–water partition coefficient (Wildman–Crippen LogP) is 2.48. The third-order valence-corrected chi connectivity index (χ3v) is 6.33. The fraction of sp³-hybridized carbons (Fsp3) is 0.500. The molecule has 8 nitrogen and oxygen atoms in total. The molecular weight excluding hydrogens is 406 g/mol. The maximum Gasteiger partial charge on any atom is 0.254 e. The van der Waals surface area contributed by atoms with Crippen LogP contribution in [-0.4, -0.2) is 64.9 Å². The third kappa shape index (κ3) is 4.91. The first-order valence-corrected chi connectivity index (χ1v) is 11.3. The summed E-state index contributed by atoms with van der Waals surface area (Å²) in [5.41, 5.74) is 2.01. The van der Waals surface area contributed by atoms with E-state index >= 15 is 0 Å². The van der Waals surface area contributed by atoms with Gasteiger partial charge in [-0.15, -0.1) is 0 Å². The van der Waals surface area contributed by atoms with Gasteiger partial charge in [-0.1, -0.05) is 18.2 Å². The lowest BCUT2D eigenvalue weighted by Crippen LogP contribution is -2.39. The molecule has 1 aromatic heterocycles. The number of carbonyl (C=O) groups is 2. The smallest absolute Gasteiger partial charge is 0.254 e. The van der Waals surface area contributed by atoms with Crippen molar-refractivity contribution < 1.29 is 14.3 Å². The van der Waals surface area contributed by atoms with Crippen LogP contribution in [0.15, 0.2) is 30.5 Å². The number of hydrogen-bond donors (Lipinski definition) is 1. The Hall–Kier alpha value is -3.00. The van der Waals surface area contributed by atoms with Crippen molar-refractivity contribution in [2.45, 2.75) is 45.2 Å². The zero-order valence-corrected chi connectivity index (χ0v) is 18.8. The van der Waals surface area contributed by atoms with Gasteiger partial charge in [0.05, 0.1) is 31.0 Å². The molecule has 0 aliphatic carbocycles. The number of methoxy groups -OCH3 is 1. The molecule has 2 amide bonds. The van der Waals surface area contributed by atoms with Crippen LogP contribution >= 0.6 is 0 Å². The van der Waals surface area contributed by atoms with Crippen molar-refractivity contribution in [3.05, 3.63) is 53.1 Å². The molecule has 2 aromatic rings. The van der Waals surface area contributed by atoms with Gasteiger partial charge < -0.3 is 15.0 Å². The third-order valence-electron chi connectivity index (χ3n) is 6.33. The molecule has 0 radical (unpaired) electrons. The molecule has 1 atom stereocenters. The maximum absolute atomic E-state index is 12.7. The molecule has 170 valence electrons. The molecule has 0 spiro atoms. The zero-order valence-electron chi connectivity index (χ0n) is 18.8. The Kier molecular flexibility index (Phi) is 6.99. The SMILES string of the molecule is COc1ccccc1CNC(=O)c1cnc([C@H]2CCCN2CC(=O)N2CCCC2)nc1C. The number of hydrogen-bond acceptors (Lipinski definition) is 6. The number of likely N-dealkylation sites (tertiary alicyclic amines) is 2. The second kappa shape index (κ2) is 10.1. The summed E-state index contributed by atoms with van der Waals surface area (Å²) in [6.45, 7) is 5.20. The maximum atomic E-state index is 12.7. The Bertz CT molecular complexity index is 974. The van der Waals surface area contributed by atoms with Crippen molar-refractivity contribution >= 4 is 11.8 Å². The van der Waals surface area contributed by atoms with Gasteiger partial charge in [-0.2, -0.15) is 0 Å². The Balaban J connectivity index is 1.40. The van der Waals surface area contributed by atoms with Gasteiger partial charge in [-0.05, 0) is 45.2 Å². The first-order valence-electron chi connectivity index (χ1n) is 11.3. The van der Waals surface area contributed by atoms with Crippen LogP contribution in [0.25, 0.3) is 0 Å². The minimum atomic E-state index is -0.215. The van der Waals surface area contributed by atoms with E-state index in [1.807, 2.05) is 36.1 Å². The number of para-hydroxylation sites is 1. The van der Waals surface area contributed by atoms with Crippen LogP contribution in [0.4, 0.5) is 0 Å². The fourth-order valence-electron chi connectivity index (χ4n) is 4.54. The van der Waals surface area contributed by atoms with Crippen molar-refractivity contribution in [1.29, 1.82) is 0 Å². The number of ether oxygens (including phenoxy) is 1. The van der Waals surface area contributed by atoms with E-state index in [2.05, 4.69) is 20.2 Å². The van der Waals surface area contributed by atoms with Crippen LogP contribution in [0.3, 0.4) is 0 Å². The summed E-state index contributed by atoms with van der Waals surface area (Å²) in [4.78, 5) is 38.7. The highest BCUT2D eigenvalue weighted by Crippen LogP contribution is 2.30. The van der Waals surface area contributed by atoms with Crippen molar-refractivity contribution in [1.82, 2.24) is 25.1 Å². The standard InChI is InChI=1S/C24H31N5O3/c1-17-19(24(31)26-14-18-8-3-4-10-21(18)32-2)15-25-23(27-17)20-9-7-13-29(20)16-22(30)28-11-5-6-12-28/h3-4,8,10,15,20H,5-7,9,11-14,16H2,1-2H3,(H,26,31)/t20-/m1/s1. The van der Waals surface area contributed by atoms with Gasteiger partial charge in [0.25, 0.3) is 5.91 Å². The van der Waals surface area contributed by atoms with E-state index in [4.69, 9.17) is 4.74 Å². The molecule has 0 bridgehead atoms. The van der Waals surface area contributed by atoms with Crippen molar-refractivity contribution in [2.24, 2.45) is 0 Å². The van der Waals surface area contributed by atoms with E-state index in [0.29, 0.717) is 30.2 Å². The second-order valence-electron chi connectivity index (χ2n) is 8.44. The molecular formula is C24H31N5O3. The Morgan fingerprint density at radius 3 is 2.69 bits per heavy atom. The largest absolute Gasteiger partial charge is 0.496 e. The highest BCUT2D eigenvalue weighted by molar-refractivity contribution is 5.94. The Morgan fingerprint density at radius 1 is 1.16 bits per heavy atom. The van der Waals surface area contributed by atoms with Crippen molar-refractivity contribution in [3.63, 3.8) is 0 Å². The molecule has 2 fully saturated rings. The summed E-state index contributed by atoms with van der Waals surface area (Å²) in [5, 5.41) is 2.93. The number of nitrogens with one attached hydrogen (secondary N) is 1. The first kappa shape index (κ1) is 22.2. The van der Waals surface area contributed by atoms with Crippen LogP contribution in [0.5, 0.6) is 5.75 Å². The molecule has 3 heterocycles. The molecule has 2 saturated heterocycles. The molecule has 1 N–H and O–H groups in total. The van der Waals surface area contributed by atoms with Crippen molar-refractivity contribution in [2.75, 3.05) is 33.3 Å². The molecule has 2 aliphatic heterocycles. The summed E-state index contributed by atoms with van der Waals surface area (Å²) < 4.78 is 5.34. The number of carbonyl (C=O) groups excluding carboxylic acids is 2. The lowest BCUT2D eigenvalue weighted by Gasteiger charge is -2.25. The quantitative estimate of drug-likeness (QED) is 0.716. The predicted molar refractivity (Wildman–Crippen MR) is 120 cm³/mol. The normalized spacial score (nSPS) is 18.7. The van der Waals surface area contributed by atoms with E-state index in [1.165, 1.54) is 0 Å². The first-order chi connectivity index (χ1) is 15.6. The number of aromatic nitrogens is 2. The molecule has 4 rings (SSSR count). The lowest BCUT2D eigenvalue weighted by atomic mass is 10.1. The van der Waals surface area contributed by atoms with E-state index in [0.717, 1.165) is 56.6 Å². The number of nitrogens with zero attached hydrogens (tertiary/aromatic N) is 4. The second-order valence-corrected chi connectivity index (χ2v) is 8.44. The van der Waals surface area contributed by atoms with E-state index in [9.17, 15) is 9.59 Å². The molecule has 32 heavy (non-hydrogen) atoms. The van der Waals surface area contributed by atoms with Gasteiger partial charge in [-0.3, -0.25) is 14.5 Å². The van der Waals surface area contributed by atoms with Gasteiger partial charge in [0.2, 0.25) is 5.91 Å². The fourth-order valence-corrected chi connectivity index (χ4v) is 4.54. The number of aryl methyl sites for hydroxylation is 1. The molecule has 1 aromatic carbocycles. The monoisotopic (exact) mass is 437 g/mol. The van der Waals surface area contributed by atoms with Gasteiger partial charge in [0, 0.05) is 31.4 Å². The molecule has 8 heteroatoms. The van der Waals surface area contributed by atoms with Crippen LogP contribution in [0.1, 0.15) is 59.2 Å². The average molecular weight is 438 g/mol. The van der Waals surface area contributed by atoms with E-state index in [1.54, 1.807) is 13.3 Å². The highest BCUT2D eigenvalue weighted by atomic mass is 16.5. The molecule has 2 aliphatic rings. The Labute approximate surface area is 189 Å². The molecule has 0 saturated carbocycles. The summed E-state index contributed by atoms with van der Waals surface area (Å²) in [5.74, 6) is 1.40. The van der Waals surface area contributed by atoms with Crippen LogP contribution < -0.4 is 10.1 Å². The van der Waals surface area contributed by atoms with Gasteiger partial charge in [-0.25, -0.2) is 9.97 Å². The number of benzene rings is 1. The summed E-state index contributed by atoms with van der Waals surface area (Å²) in [6, 6.07) is 7.61. The van der Waals surface area contributed by atoms with Gasteiger partial charge in [0.15, 0.2) is 0 Å². The van der Waals surface area contributed by atoms with E-state index < -0.39 is 0 Å². The Morgan fingerprint density at radius 2 is 1.94 bits per heavy atom. The van der Waals surface area contributed by atoms with Crippen LogP contribution in [-0.2, 0) is 11.3 Å². The molecule has 0 unspecified atom stereocenters. The summed E-state index contributed by atoms with van der Waals surface area (Å²) in [7, 11) is 1.61. The number of rotatable bonds is 7. The minimum Gasteiger partial charge on any atom is -0.496 e. The van der Waals surface area contributed by atoms with E-state index in [-0.39, 0.29) is 17.9 Å². The average Bonchev–Trinajstić information content (AvgIpc) is 3.50.